The van der Waals surface area contributed by atoms with Crippen LogP contribution in [0.1, 0.15) is 17.3 Å². The number of carbonyl (C=O) groups excluding carboxylic acids is 1. The molecular weight excluding hydrogens is 296 g/mol. The molecule has 0 aliphatic carbocycles. The maximum atomic E-state index is 12.2. The number of rotatable bonds is 4. The summed E-state index contributed by atoms with van der Waals surface area (Å²) in [6.07, 6.45) is 0. The van der Waals surface area contributed by atoms with Crippen molar-refractivity contribution in [2.24, 2.45) is 0 Å². The van der Waals surface area contributed by atoms with Gasteiger partial charge in [-0.3, -0.25) is 0 Å². The number of carbonyl (C=O) groups is 1. The molecule has 2 rings (SSSR count). The molecule has 0 aromatic heterocycles. The van der Waals surface area contributed by atoms with Gasteiger partial charge in [0.25, 0.3) is 0 Å². The minimum Gasteiger partial charge on any atom is -0.462 e. The summed E-state index contributed by atoms with van der Waals surface area (Å²) in [5.41, 5.74) is 7.01. The van der Waals surface area contributed by atoms with E-state index < -0.39 is 5.97 Å². The van der Waals surface area contributed by atoms with Gasteiger partial charge in [0.05, 0.1) is 48.7 Å². The molecule has 6 nitrogen and oxygen atoms in total. The lowest BCUT2D eigenvalue weighted by Crippen LogP contribution is -2.48. The highest BCUT2D eigenvalue weighted by molar-refractivity contribution is 6.34. The van der Waals surface area contributed by atoms with E-state index in [4.69, 9.17) is 26.8 Å². The fourth-order valence-corrected chi connectivity index (χ4v) is 2.71. The largest absolute Gasteiger partial charge is 0.462 e. The summed E-state index contributed by atoms with van der Waals surface area (Å²) in [6, 6.07) is 2.88. The van der Waals surface area contributed by atoms with Gasteiger partial charge in [-0.2, -0.15) is 0 Å². The molecule has 1 aromatic rings. The van der Waals surface area contributed by atoms with Crippen molar-refractivity contribution in [3.8, 4) is 0 Å². The predicted molar refractivity (Wildman–Crippen MR) is 80.9 cm³/mol. The van der Waals surface area contributed by atoms with Crippen LogP contribution in [0.4, 0.5) is 11.4 Å². The number of halogens is 1. The zero-order chi connectivity index (χ0) is 15.4. The molecule has 1 aromatic carbocycles. The molecule has 1 heterocycles. The summed E-state index contributed by atoms with van der Waals surface area (Å²) in [4.78, 5) is 14.0. The SMILES string of the molecule is CCOC(=O)c1cc(N)cc(Cl)c1N1CCOCC1CO. The Balaban J connectivity index is 2.47. The van der Waals surface area contributed by atoms with Crippen LogP contribution >= 0.6 is 11.6 Å². The monoisotopic (exact) mass is 314 g/mol. The number of hydrogen-bond acceptors (Lipinski definition) is 6. The molecule has 0 saturated carbocycles. The van der Waals surface area contributed by atoms with Crippen LogP contribution in [0, 0.1) is 0 Å². The predicted octanol–water partition coefficient (Wildman–Crippen LogP) is 1.30. The second-order valence-electron chi connectivity index (χ2n) is 4.72. The molecule has 0 bridgehead atoms. The molecule has 0 radical (unpaired) electrons. The molecule has 1 fully saturated rings. The molecule has 7 heteroatoms. The first-order valence-corrected chi connectivity index (χ1v) is 7.17. The second-order valence-corrected chi connectivity index (χ2v) is 5.13. The lowest BCUT2D eigenvalue weighted by Gasteiger charge is -2.37. The highest BCUT2D eigenvalue weighted by atomic mass is 35.5. The third kappa shape index (κ3) is 3.40. The standard InChI is InChI=1S/C14H19ClN2O4/c1-2-21-14(19)11-5-9(16)6-12(15)13(11)17-3-4-20-8-10(17)7-18/h5-6,10,18H,2-4,7-8,16H2,1H3. The number of anilines is 2. The van der Waals surface area contributed by atoms with Gasteiger partial charge in [-0.1, -0.05) is 11.6 Å². The molecular formula is C14H19ClN2O4. The maximum Gasteiger partial charge on any atom is 0.340 e. The van der Waals surface area contributed by atoms with Crippen molar-refractivity contribution < 1.29 is 19.4 Å². The Morgan fingerprint density at radius 2 is 2.38 bits per heavy atom. The van der Waals surface area contributed by atoms with E-state index in [9.17, 15) is 9.90 Å². The van der Waals surface area contributed by atoms with Crippen LogP contribution in [-0.2, 0) is 9.47 Å². The van der Waals surface area contributed by atoms with Gasteiger partial charge >= 0.3 is 5.97 Å². The molecule has 0 spiro atoms. The van der Waals surface area contributed by atoms with Crippen molar-refractivity contribution >= 4 is 28.9 Å². The van der Waals surface area contributed by atoms with Gasteiger partial charge in [-0.15, -0.1) is 0 Å². The summed E-state index contributed by atoms with van der Waals surface area (Å²) >= 11 is 6.28. The first-order valence-electron chi connectivity index (χ1n) is 6.79. The number of nitrogens with zero attached hydrogens (tertiary/aromatic N) is 1. The summed E-state index contributed by atoms with van der Waals surface area (Å²) in [5, 5.41) is 9.86. The van der Waals surface area contributed by atoms with E-state index in [2.05, 4.69) is 0 Å². The molecule has 1 unspecified atom stereocenters. The molecule has 1 saturated heterocycles. The number of hydrogen-bond donors (Lipinski definition) is 2. The van der Waals surface area contributed by atoms with Crippen LogP contribution in [0.5, 0.6) is 0 Å². The second kappa shape index (κ2) is 6.98. The fraction of sp³-hybridized carbons (Fsp3) is 0.500. The van der Waals surface area contributed by atoms with E-state index in [1.165, 1.54) is 0 Å². The third-order valence-electron chi connectivity index (χ3n) is 3.31. The van der Waals surface area contributed by atoms with E-state index >= 15 is 0 Å². The van der Waals surface area contributed by atoms with Crippen LogP contribution in [0.15, 0.2) is 12.1 Å². The lowest BCUT2D eigenvalue weighted by atomic mass is 10.1. The highest BCUT2D eigenvalue weighted by Gasteiger charge is 2.29. The molecule has 0 amide bonds. The topological polar surface area (TPSA) is 85.0 Å². The number of morpholine rings is 1. The Bertz CT molecular complexity index is 524. The van der Waals surface area contributed by atoms with Crippen molar-refractivity contribution in [3.05, 3.63) is 22.7 Å². The van der Waals surface area contributed by atoms with Crippen molar-refractivity contribution in [1.82, 2.24) is 0 Å². The third-order valence-corrected chi connectivity index (χ3v) is 3.59. The number of nitrogen functional groups attached to an aromatic ring is 1. The van der Waals surface area contributed by atoms with Crippen molar-refractivity contribution in [2.75, 3.05) is 43.6 Å². The van der Waals surface area contributed by atoms with Crippen LogP contribution in [0.2, 0.25) is 5.02 Å². The Kier molecular flexibility index (Phi) is 5.27. The van der Waals surface area contributed by atoms with Crippen molar-refractivity contribution in [1.29, 1.82) is 0 Å². The average molecular weight is 315 g/mol. The highest BCUT2D eigenvalue weighted by Crippen LogP contribution is 2.35. The zero-order valence-corrected chi connectivity index (χ0v) is 12.6. The summed E-state index contributed by atoms with van der Waals surface area (Å²) < 4.78 is 10.4. The average Bonchev–Trinajstić information content (AvgIpc) is 2.47. The Morgan fingerprint density at radius 1 is 1.62 bits per heavy atom. The van der Waals surface area contributed by atoms with Gasteiger partial charge in [-0.25, -0.2) is 4.79 Å². The van der Waals surface area contributed by atoms with Crippen LogP contribution in [-0.4, -0.2) is 50.1 Å². The number of esters is 1. The normalized spacial score (nSPS) is 18.6. The van der Waals surface area contributed by atoms with Gasteiger partial charge in [0.15, 0.2) is 0 Å². The smallest absolute Gasteiger partial charge is 0.340 e. The molecule has 1 aliphatic heterocycles. The number of ether oxygens (including phenoxy) is 2. The van der Waals surface area contributed by atoms with E-state index in [-0.39, 0.29) is 19.3 Å². The number of benzene rings is 1. The van der Waals surface area contributed by atoms with E-state index in [1.54, 1.807) is 19.1 Å². The maximum absolute atomic E-state index is 12.2. The summed E-state index contributed by atoms with van der Waals surface area (Å²) in [7, 11) is 0. The molecule has 116 valence electrons. The number of aliphatic hydroxyl groups excluding tert-OH is 1. The van der Waals surface area contributed by atoms with Crippen LogP contribution in [0.3, 0.4) is 0 Å². The first-order chi connectivity index (χ1) is 10.1. The van der Waals surface area contributed by atoms with Gasteiger partial charge in [0.1, 0.15) is 0 Å². The zero-order valence-electron chi connectivity index (χ0n) is 11.8. The summed E-state index contributed by atoms with van der Waals surface area (Å²) in [5.74, 6) is -0.482. The van der Waals surface area contributed by atoms with E-state index in [0.29, 0.717) is 41.7 Å². The molecule has 1 atom stereocenters. The number of nitrogens with two attached hydrogens (primary N) is 1. The fourth-order valence-electron chi connectivity index (χ4n) is 2.38. The van der Waals surface area contributed by atoms with Crippen molar-refractivity contribution in [3.63, 3.8) is 0 Å². The lowest BCUT2D eigenvalue weighted by molar-refractivity contribution is 0.0522. The molecule has 3 N–H and O–H groups in total. The van der Waals surface area contributed by atoms with Crippen molar-refractivity contribution in [2.45, 2.75) is 13.0 Å². The number of aliphatic hydroxyl groups is 1. The van der Waals surface area contributed by atoms with Crippen LogP contribution in [0.25, 0.3) is 0 Å². The van der Waals surface area contributed by atoms with Gasteiger partial charge in [-0.05, 0) is 19.1 Å². The molecule has 21 heavy (non-hydrogen) atoms. The Hall–Kier alpha value is -1.50. The van der Waals surface area contributed by atoms with Gasteiger partial charge < -0.3 is 25.2 Å². The minimum absolute atomic E-state index is 0.0943. The minimum atomic E-state index is -0.482. The summed E-state index contributed by atoms with van der Waals surface area (Å²) in [6.45, 7) is 3.30. The Labute approximate surface area is 128 Å². The first kappa shape index (κ1) is 15.9. The van der Waals surface area contributed by atoms with E-state index in [0.717, 1.165) is 0 Å². The van der Waals surface area contributed by atoms with Gasteiger partial charge in [0, 0.05) is 12.2 Å². The van der Waals surface area contributed by atoms with E-state index in [1.807, 2.05) is 4.90 Å². The molecule has 1 aliphatic rings. The van der Waals surface area contributed by atoms with Gasteiger partial charge in [0.2, 0.25) is 0 Å². The Morgan fingerprint density at radius 3 is 3.05 bits per heavy atom. The van der Waals surface area contributed by atoms with Crippen LogP contribution < -0.4 is 10.6 Å². The quantitative estimate of drug-likeness (QED) is 0.643.